The summed E-state index contributed by atoms with van der Waals surface area (Å²) in [6.07, 6.45) is 4.56. The van der Waals surface area contributed by atoms with Crippen LogP contribution in [0.15, 0.2) is 59.8 Å². The van der Waals surface area contributed by atoms with Gasteiger partial charge in [-0.2, -0.15) is 0 Å². The van der Waals surface area contributed by atoms with Crippen molar-refractivity contribution in [3.63, 3.8) is 0 Å². The number of carbonyl (C=O) groups is 1. The lowest BCUT2D eigenvalue weighted by molar-refractivity contribution is 0.165. The summed E-state index contributed by atoms with van der Waals surface area (Å²) in [5, 5.41) is 7.34. The SMILES string of the molecule is O=C(Nc1cccc(Cl)c1)O/N=C1\CCCCC1Cc1ccccc1. The Kier molecular flexibility index (Phi) is 6.07. The molecule has 0 bridgehead atoms. The zero-order chi connectivity index (χ0) is 17.5. The maximum absolute atomic E-state index is 11.9. The molecule has 1 fully saturated rings. The van der Waals surface area contributed by atoms with E-state index in [1.54, 1.807) is 24.3 Å². The van der Waals surface area contributed by atoms with E-state index in [9.17, 15) is 4.79 Å². The molecule has 0 saturated heterocycles. The van der Waals surface area contributed by atoms with E-state index in [1.165, 1.54) is 12.0 Å². The summed E-state index contributed by atoms with van der Waals surface area (Å²) < 4.78 is 0. The maximum Gasteiger partial charge on any atom is 0.437 e. The van der Waals surface area contributed by atoms with E-state index < -0.39 is 6.09 Å². The van der Waals surface area contributed by atoms with Crippen LogP contribution in [0.4, 0.5) is 10.5 Å². The summed E-state index contributed by atoms with van der Waals surface area (Å²) in [5.41, 5.74) is 2.84. The fourth-order valence-corrected chi connectivity index (χ4v) is 3.30. The molecule has 0 aliphatic heterocycles. The van der Waals surface area contributed by atoms with E-state index in [0.29, 0.717) is 16.6 Å². The number of rotatable bonds is 4. The molecule has 1 atom stereocenters. The van der Waals surface area contributed by atoms with Crippen LogP contribution in [0.25, 0.3) is 0 Å². The summed E-state index contributed by atoms with van der Waals surface area (Å²) in [6.45, 7) is 0. The van der Waals surface area contributed by atoms with Gasteiger partial charge in [0.1, 0.15) is 0 Å². The summed E-state index contributed by atoms with van der Waals surface area (Å²) in [6, 6.07) is 17.3. The van der Waals surface area contributed by atoms with Gasteiger partial charge in [0.2, 0.25) is 0 Å². The van der Waals surface area contributed by atoms with Crippen LogP contribution in [0.5, 0.6) is 0 Å². The highest BCUT2D eigenvalue weighted by Crippen LogP contribution is 2.25. The average molecular weight is 357 g/mol. The first kappa shape index (κ1) is 17.5. The molecule has 3 rings (SSSR count). The Hall–Kier alpha value is -2.33. The first-order chi connectivity index (χ1) is 12.2. The molecule has 5 heteroatoms. The molecule has 0 spiro atoms. The second-order valence-electron chi connectivity index (χ2n) is 6.23. The van der Waals surface area contributed by atoms with Crippen LogP contribution in [0.1, 0.15) is 31.2 Å². The number of halogens is 1. The highest BCUT2D eigenvalue weighted by Gasteiger charge is 2.22. The average Bonchev–Trinajstić information content (AvgIpc) is 2.62. The van der Waals surface area contributed by atoms with Gasteiger partial charge in [0, 0.05) is 16.6 Å². The largest absolute Gasteiger partial charge is 0.437 e. The van der Waals surface area contributed by atoms with Crippen molar-refractivity contribution in [3.8, 4) is 0 Å². The molecule has 2 aromatic carbocycles. The molecule has 130 valence electrons. The Morgan fingerprint density at radius 3 is 2.80 bits per heavy atom. The number of benzene rings is 2. The van der Waals surface area contributed by atoms with Crippen LogP contribution >= 0.6 is 11.6 Å². The Morgan fingerprint density at radius 2 is 2.00 bits per heavy atom. The molecule has 0 radical (unpaired) electrons. The van der Waals surface area contributed by atoms with Crippen molar-refractivity contribution in [3.05, 3.63) is 65.2 Å². The third-order valence-electron chi connectivity index (χ3n) is 4.35. The summed E-state index contributed by atoms with van der Waals surface area (Å²) in [4.78, 5) is 17.0. The summed E-state index contributed by atoms with van der Waals surface area (Å²) >= 11 is 5.90. The number of oxime groups is 1. The standard InChI is InChI=1S/C20H21ClN2O2/c21-17-10-6-11-18(14-17)22-20(24)25-23-19-12-5-4-9-16(19)13-15-7-2-1-3-8-15/h1-3,6-8,10-11,14,16H,4-5,9,12-13H2,(H,22,24)/b23-19+. The zero-order valence-corrected chi connectivity index (χ0v) is 14.7. The molecule has 1 unspecified atom stereocenters. The Bertz CT molecular complexity index is 746. The third-order valence-corrected chi connectivity index (χ3v) is 4.58. The second kappa shape index (κ2) is 8.67. The van der Waals surface area contributed by atoms with Crippen LogP contribution < -0.4 is 5.32 Å². The Balaban J connectivity index is 1.60. The molecular weight excluding hydrogens is 336 g/mol. The molecular formula is C20H21ClN2O2. The predicted octanol–water partition coefficient (Wildman–Crippen LogP) is 5.68. The molecule has 1 aliphatic carbocycles. The maximum atomic E-state index is 11.9. The van der Waals surface area contributed by atoms with Gasteiger partial charge in [0.25, 0.3) is 0 Å². The van der Waals surface area contributed by atoms with Gasteiger partial charge in [-0.3, -0.25) is 10.2 Å². The van der Waals surface area contributed by atoms with Crippen molar-refractivity contribution in [2.75, 3.05) is 5.32 Å². The molecule has 25 heavy (non-hydrogen) atoms. The number of nitrogens with zero attached hydrogens (tertiary/aromatic N) is 1. The van der Waals surface area contributed by atoms with Crippen molar-refractivity contribution in [1.29, 1.82) is 0 Å². The van der Waals surface area contributed by atoms with Gasteiger partial charge in [-0.05, 0) is 49.4 Å². The van der Waals surface area contributed by atoms with E-state index in [4.69, 9.17) is 16.4 Å². The minimum Gasteiger partial charge on any atom is -0.298 e. The van der Waals surface area contributed by atoms with Crippen LogP contribution in [-0.2, 0) is 11.3 Å². The van der Waals surface area contributed by atoms with Crippen LogP contribution in [0, 0.1) is 5.92 Å². The quantitative estimate of drug-likeness (QED) is 0.566. The van der Waals surface area contributed by atoms with E-state index >= 15 is 0 Å². The first-order valence-electron chi connectivity index (χ1n) is 8.55. The Labute approximate surface area is 152 Å². The first-order valence-corrected chi connectivity index (χ1v) is 8.93. The number of hydrogen-bond donors (Lipinski definition) is 1. The van der Waals surface area contributed by atoms with Crippen molar-refractivity contribution < 1.29 is 9.63 Å². The molecule has 0 heterocycles. The molecule has 4 nitrogen and oxygen atoms in total. The molecule has 1 aliphatic rings. The number of hydrogen-bond acceptors (Lipinski definition) is 3. The van der Waals surface area contributed by atoms with Gasteiger partial charge in [0.05, 0.1) is 5.71 Å². The number of amides is 1. The molecule has 1 amide bonds. The Morgan fingerprint density at radius 1 is 1.16 bits per heavy atom. The lowest BCUT2D eigenvalue weighted by Gasteiger charge is -2.23. The van der Waals surface area contributed by atoms with E-state index in [0.717, 1.165) is 31.4 Å². The van der Waals surface area contributed by atoms with Crippen molar-refractivity contribution >= 4 is 29.1 Å². The minimum absolute atomic E-state index is 0.329. The molecule has 2 aromatic rings. The monoisotopic (exact) mass is 356 g/mol. The zero-order valence-electron chi connectivity index (χ0n) is 14.0. The summed E-state index contributed by atoms with van der Waals surface area (Å²) in [5.74, 6) is 0.329. The van der Waals surface area contributed by atoms with Crippen molar-refractivity contribution in [1.82, 2.24) is 0 Å². The normalized spacial score (nSPS) is 18.8. The van der Waals surface area contributed by atoms with E-state index in [1.807, 2.05) is 18.2 Å². The van der Waals surface area contributed by atoms with E-state index in [-0.39, 0.29) is 0 Å². The highest BCUT2D eigenvalue weighted by molar-refractivity contribution is 6.30. The van der Waals surface area contributed by atoms with Crippen molar-refractivity contribution in [2.24, 2.45) is 11.1 Å². The minimum atomic E-state index is -0.598. The fourth-order valence-electron chi connectivity index (χ4n) is 3.11. The second-order valence-corrected chi connectivity index (χ2v) is 6.67. The third kappa shape index (κ3) is 5.33. The lowest BCUT2D eigenvalue weighted by atomic mass is 9.83. The predicted molar refractivity (Wildman–Crippen MR) is 101 cm³/mol. The smallest absolute Gasteiger partial charge is 0.298 e. The lowest BCUT2D eigenvalue weighted by Crippen LogP contribution is -2.23. The molecule has 0 aromatic heterocycles. The van der Waals surface area contributed by atoms with Gasteiger partial charge in [-0.25, -0.2) is 4.79 Å². The van der Waals surface area contributed by atoms with Gasteiger partial charge in [0.15, 0.2) is 0 Å². The van der Waals surface area contributed by atoms with Crippen molar-refractivity contribution in [2.45, 2.75) is 32.1 Å². The van der Waals surface area contributed by atoms with E-state index in [2.05, 4.69) is 22.6 Å². The topological polar surface area (TPSA) is 50.7 Å². The van der Waals surface area contributed by atoms with Crippen LogP contribution in [0.3, 0.4) is 0 Å². The van der Waals surface area contributed by atoms with Gasteiger partial charge < -0.3 is 0 Å². The number of carbonyl (C=O) groups excluding carboxylic acids is 1. The highest BCUT2D eigenvalue weighted by atomic mass is 35.5. The van der Waals surface area contributed by atoms with Crippen LogP contribution in [-0.4, -0.2) is 11.8 Å². The summed E-state index contributed by atoms with van der Waals surface area (Å²) in [7, 11) is 0. The fraction of sp³-hybridized carbons (Fsp3) is 0.300. The van der Waals surface area contributed by atoms with Gasteiger partial charge in [-0.1, -0.05) is 59.6 Å². The number of anilines is 1. The van der Waals surface area contributed by atoms with Crippen LogP contribution in [0.2, 0.25) is 5.02 Å². The molecule has 1 saturated carbocycles. The molecule has 1 N–H and O–H groups in total. The number of nitrogens with one attached hydrogen (secondary N) is 1. The van der Waals surface area contributed by atoms with Gasteiger partial charge >= 0.3 is 6.09 Å². The van der Waals surface area contributed by atoms with Gasteiger partial charge in [-0.15, -0.1) is 0 Å².